The van der Waals surface area contributed by atoms with Crippen molar-refractivity contribution in [3.63, 3.8) is 0 Å². The van der Waals surface area contributed by atoms with Crippen molar-refractivity contribution in [3.8, 4) is 5.75 Å². The minimum Gasteiger partial charge on any atom is -0.484 e. The van der Waals surface area contributed by atoms with Crippen LogP contribution in [0.25, 0.3) is 0 Å². The van der Waals surface area contributed by atoms with Gasteiger partial charge in [-0.05, 0) is 74.6 Å². The third-order valence-electron chi connectivity index (χ3n) is 6.25. The van der Waals surface area contributed by atoms with Gasteiger partial charge in [0.05, 0.1) is 0 Å². The van der Waals surface area contributed by atoms with E-state index in [4.69, 9.17) is 27.9 Å². The summed E-state index contributed by atoms with van der Waals surface area (Å²) in [6.07, 6.45) is 5.37. The highest BCUT2D eigenvalue weighted by molar-refractivity contribution is 9.10. The van der Waals surface area contributed by atoms with E-state index in [-0.39, 0.29) is 31.0 Å². The van der Waals surface area contributed by atoms with Crippen LogP contribution in [0.3, 0.4) is 0 Å². The highest BCUT2D eigenvalue weighted by atomic mass is 79.9. The van der Waals surface area contributed by atoms with Crippen molar-refractivity contribution < 1.29 is 14.3 Å². The maximum Gasteiger partial charge on any atom is 0.261 e. The molecule has 2 amide bonds. The Hall–Kier alpha value is -1.76. The summed E-state index contributed by atoms with van der Waals surface area (Å²) in [4.78, 5) is 27.9. The molecule has 1 aliphatic carbocycles. The van der Waals surface area contributed by atoms with Crippen LogP contribution in [0.2, 0.25) is 10.0 Å². The van der Waals surface area contributed by atoms with Crippen molar-refractivity contribution in [1.29, 1.82) is 0 Å². The van der Waals surface area contributed by atoms with Crippen LogP contribution >= 0.6 is 39.1 Å². The van der Waals surface area contributed by atoms with Crippen molar-refractivity contribution in [1.82, 2.24) is 10.2 Å². The first-order valence-electron chi connectivity index (χ1n) is 11.6. The molecule has 1 atom stereocenters. The number of nitrogens with one attached hydrogen (secondary N) is 1. The molecule has 0 spiro atoms. The Labute approximate surface area is 220 Å². The fraction of sp³-hybridized carbons (Fsp3) is 0.462. The molecular formula is C26H31BrCl2N2O3. The number of carbonyl (C=O) groups excluding carboxylic acids is 2. The molecule has 184 valence electrons. The summed E-state index contributed by atoms with van der Waals surface area (Å²) in [5, 5.41) is 4.09. The molecule has 2 aromatic rings. The minimum atomic E-state index is -0.682. The third-order valence-corrected chi connectivity index (χ3v) is 8.08. The summed E-state index contributed by atoms with van der Waals surface area (Å²) in [5.74, 6) is 0.145. The second-order valence-corrected chi connectivity index (χ2v) is 10.6. The van der Waals surface area contributed by atoms with Crippen LogP contribution in [-0.4, -0.2) is 35.4 Å². The van der Waals surface area contributed by atoms with E-state index in [1.165, 1.54) is 11.3 Å². The summed E-state index contributed by atoms with van der Waals surface area (Å²) >= 11 is 16.0. The van der Waals surface area contributed by atoms with Gasteiger partial charge in [0.15, 0.2) is 6.61 Å². The van der Waals surface area contributed by atoms with E-state index < -0.39 is 6.04 Å². The molecule has 1 fully saturated rings. The lowest BCUT2D eigenvalue weighted by Crippen LogP contribution is -2.51. The highest BCUT2D eigenvalue weighted by Crippen LogP contribution is 2.27. The van der Waals surface area contributed by atoms with Crippen molar-refractivity contribution in [3.05, 3.63) is 61.5 Å². The quantitative estimate of drug-likeness (QED) is 0.389. The van der Waals surface area contributed by atoms with Gasteiger partial charge in [0.25, 0.3) is 5.91 Å². The maximum absolute atomic E-state index is 13.3. The number of hydrogen-bond donors (Lipinski definition) is 1. The summed E-state index contributed by atoms with van der Waals surface area (Å²) in [6, 6.07) is 8.37. The monoisotopic (exact) mass is 568 g/mol. The molecule has 1 saturated carbocycles. The summed E-state index contributed by atoms with van der Waals surface area (Å²) in [6.45, 7) is 5.67. The topological polar surface area (TPSA) is 58.6 Å². The maximum atomic E-state index is 13.3. The fourth-order valence-corrected chi connectivity index (χ4v) is 4.90. The number of carbonyl (C=O) groups is 2. The first-order valence-corrected chi connectivity index (χ1v) is 13.1. The molecule has 2 aromatic carbocycles. The van der Waals surface area contributed by atoms with Crippen LogP contribution in [0.1, 0.15) is 55.7 Å². The van der Waals surface area contributed by atoms with Crippen LogP contribution in [-0.2, 0) is 16.1 Å². The number of rotatable bonds is 8. The third kappa shape index (κ3) is 7.12. The van der Waals surface area contributed by atoms with Gasteiger partial charge in [-0.3, -0.25) is 9.59 Å². The SMILES string of the molecule is Cc1cc(OCC(=O)N(Cc2ccc(Cl)cc2Cl)[C@@H](C)C(=O)NC2CCCCC2)cc(C)c1Br. The van der Waals surface area contributed by atoms with E-state index >= 15 is 0 Å². The van der Waals surface area contributed by atoms with Crippen LogP contribution < -0.4 is 10.1 Å². The Balaban J connectivity index is 1.76. The molecule has 0 aliphatic heterocycles. The van der Waals surface area contributed by atoms with Crippen LogP contribution in [0.15, 0.2) is 34.8 Å². The van der Waals surface area contributed by atoms with Crippen molar-refractivity contribution >= 4 is 50.9 Å². The molecule has 34 heavy (non-hydrogen) atoms. The summed E-state index contributed by atoms with van der Waals surface area (Å²) < 4.78 is 6.85. The predicted octanol–water partition coefficient (Wildman–Crippen LogP) is 6.62. The van der Waals surface area contributed by atoms with E-state index in [0.717, 1.165) is 41.3 Å². The zero-order valence-electron chi connectivity index (χ0n) is 19.8. The molecule has 5 nitrogen and oxygen atoms in total. The Morgan fingerprint density at radius 2 is 1.76 bits per heavy atom. The lowest BCUT2D eigenvalue weighted by Gasteiger charge is -2.31. The second kappa shape index (κ2) is 12.3. The molecule has 1 N–H and O–H groups in total. The van der Waals surface area contributed by atoms with E-state index in [1.54, 1.807) is 25.1 Å². The van der Waals surface area contributed by atoms with Gasteiger partial charge >= 0.3 is 0 Å². The summed E-state index contributed by atoms with van der Waals surface area (Å²) in [7, 11) is 0. The van der Waals surface area contributed by atoms with Gasteiger partial charge in [-0.2, -0.15) is 0 Å². The number of hydrogen-bond acceptors (Lipinski definition) is 3. The van der Waals surface area contributed by atoms with E-state index in [0.29, 0.717) is 21.4 Å². The molecular weight excluding hydrogens is 539 g/mol. The van der Waals surface area contributed by atoms with Crippen LogP contribution in [0.5, 0.6) is 5.75 Å². The van der Waals surface area contributed by atoms with Gasteiger partial charge in [0, 0.05) is 27.1 Å². The van der Waals surface area contributed by atoms with Gasteiger partial charge in [0.1, 0.15) is 11.8 Å². The van der Waals surface area contributed by atoms with Gasteiger partial charge in [-0.25, -0.2) is 0 Å². The zero-order chi connectivity index (χ0) is 24.8. The zero-order valence-corrected chi connectivity index (χ0v) is 22.9. The van der Waals surface area contributed by atoms with Gasteiger partial charge in [-0.15, -0.1) is 0 Å². The minimum absolute atomic E-state index is 0.157. The highest BCUT2D eigenvalue weighted by Gasteiger charge is 2.29. The lowest BCUT2D eigenvalue weighted by atomic mass is 9.95. The molecule has 0 saturated heterocycles. The molecule has 3 rings (SSSR count). The summed E-state index contributed by atoms with van der Waals surface area (Å²) in [5.41, 5.74) is 2.76. The van der Waals surface area contributed by atoms with Crippen molar-refractivity contribution in [2.75, 3.05) is 6.61 Å². The standard InChI is InChI=1S/C26H31BrCl2N2O3/c1-16-11-22(12-17(2)25(16)27)34-15-24(32)31(14-19-9-10-20(28)13-23(19)29)18(3)26(33)30-21-7-5-4-6-8-21/h9-13,18,21H,4-8,14-15H2,1-3H3,(H,30,33)/t18-/m0/s1. The Bertz CT molecular complexity index is 1020. The van der Waals surface area contributed by atoms with Crippen molar-refractivity contribution in [2.24, 2.45) is 0 Å². The predicted molar refractivity (Wildman–Crippen MR) is 141 cm³/mol. The molecule has 1 aliphatic rings. The number of benzene rings is 2. The Morgan fingerprint density at radius 1 is 1.12 bits per heavy atom. The van der Waals surface area contributed by atoms with Gasteiger partial charge < -0.3 is 15.0 Å². The Kier molecular flexibility index (Phi) is 9.69. The van der Waals surface area contributed by atoms with Gasteiger partial charge in [-0.1, -0.05) is 64.5 Å². The van der Waals surface area contributed by atoms with E-state index in [2.05, 4.69) is 21.2 Å². The molecule has 0 heterocycles. The van der Waals surface area contributed by atoms with Gasteiger partial charge in [0.2, 0.25) is 5.91 Å². The largest absolute Gasteiger partial charge is 0.484 e. The normalized spacial score (nSPS) is 15.0. The average molecular weight is 570 g/mol. The molecule has 0 unspecified atom stereocenters. The number of halogens is 3. The number of ether oxygens (including phenoxy) is 1. The van der Waals surface area contributed by atoms with Crippen LogP contribution in [0.4, 0.5) is 0 Å². The van der Waals surface area contributed by atoms with E-state index in [9.17, 15) is 9.59 Å². The second-order valence-electron chi connectivity index (χ2n) is 8.94. The molecule has 0 radical (unpaired) electrons. The molecule has 0 bridgehead atoms. The number of amides is 2. The Morgan fingerprint density at radius 3 is 2.38 bits per heavy atom. The molecule has 0 aromatic heterocycles. The number of aryl methyl sites for hydroxylation is 2. The number of nitrogens with zero attached hydrogens (tertiary/aromatic N) is 1. The smallest absolute Gasteiger partial charge is 0.261 e. The lowest BCUT2D eigenvalue weighted by molar-refractivity contribution is -0.142. The fourth-order valence-electron chi connectivity index (χ4n) is 4.20. The average Bonchev–Trinajstić information content (AvgIpc) is 2.80. The molecule has 8 heteroatoms. The van der Waals surface area contributed by atoms with Crippen molar-refractivity contribution in [2.45, 2.75) is 71.5 Å². The van der Waals surface area contributed by atoms with Crippen LogP contribution in [0, 0.1) is 13.8 Å². The van der Waals surface area contributed by atoms with E-state index in [1.807, 2.05) is 26.0 Å². The first kappa shape index (κ1) is 26.8. The first-order chi connectivity index (χ1) is 16.2.